The van der Waals surface area contributed by atoms with E-state index in [1.165, 1.54) is 4.31 Å². The molecule has 108 valence electrons. The van der Waals surface area contributed by atoms with Crippen molar-refractivity contribution in [2.45, 2.75) is 38.3 Å². The van der Waals surface area contributed by atoms with Crippen molar-refractivity contribution in [2.24, 2.45) is 0 Å². The Hall–Kier alpha value is -0.180. The van der Waals surface area contributed by atoms with Crippen LogP contribution in [0.5, 0.6) is 0 Å². The van der Waals surface area contributed by atoms with Gasteiger partial charge in [0.15, 0.2) is 14.9 Å². The molecule has 6 nitrogen and oxygen atoms in total. The van der Waals surface area contributed by atoms with Gasteiger partial charge < -0.3 is 5.32 Å². The summed E-state index contributed by atoms with van der Waals surface area (Å²) >= 11 is 0. The third-order valence-electron chi connectivity index (χ3n) is 3.25. The van der Waals surface area contributed by atoms with E-state index in [9.17, 15) is 16.8 Å². The number of rotatable bonds is 5. The average Bonchev–Trinajstić information content (AvgIpc) is 2.25. The van der Waals surface area contributed by atoms with Gasteiger partial charge in [0, 0.05) is 24.9 Å². The molecule has 1 aliphatic heterocycles. The molecule has 0 aromatic heterocycles. The van der Waals surface area contributed by atoms with Crippen LogP contribution in [-0.4, -0.2) is 58.2 Å². The first-order chi connectivity index (χ1) is 8.17. The number of sulfonamides is 1. The van der Waals surface area contributed by atoms with Crippen LogP contribution in [0.4, 0.5) is 0 Å². The number of nitrogens with one attached hydrogen (secondary N) is 1. The zero-order valence-corrected chi connectivity index (χ0v) is 12.7. The van der Waals surface area contributed by atoms with Gasteiger partial charge in [0.05, 0.1) is 0 Å². The molecule has 0 aromatic rings. The molecule has 2 unspecified atom stereocenters. The predicted octanol–water partition coefficient (Wildman–Crippen LogP) is -0.219. The monoisotopic (exact) mass is 298 g/mol. The van der Waals surface area contributed by atoms with Crippen molar-refractivity contribution >= 4 is 19.9 Å². The highest BCUT2D eigenvalue weighted by molar-refractivity contribution is 8.06. The fourth-order valence-corrected chi connectivity index (χ4v) is 6.12. The van der Waals surface area contributed by atoms with E-state index in [1.807, 2.05) is 6.92 Å². The van der Waals surface area contributed by atoms with Gasteiger partial charge in [-0.05, 0) is 26.8 Å². The SMILES string of the molecule is CNC(C)C1CCCCN1S(=O)(=O)CS(C)(=O)=O. The number of nitrogens with zero attached hydrogens (tertiary/aromatic N) is 1. The maximum absolute atomic E-state index is 12.2. The van der Waals surface area contributed by atoms with Gasteiger partial charge >= 0.3 is 0 Å². The number of piperidine rings is 1. The Labute approximate surface area is 110 Å². The molecule has 1 N–H and O–H groups in total. The topological polar surface area (TPSA) is 83.6 Å². The number of sulfone groups is 1. The van der Waals surface area contributed by atoms with Crippen LogP contribution < -0.4 is 5.32 Å². The molecule has 1 heterocycles. The summed E-state index contributed by atoms with van der Waals surface area (Å²) in [5, 5.41) is 2.25. The molecule has 2 atom stereocenters. The lowest BCUT2D eigenvalue weighted by molar-refractivity contribution is 0.214. The van der Waals surface area contributed by atoms with E-state index in [-0.39, 0.29) is 12.1 Å². The second-order valence-corrected chi connectivity index (χ2v) is 9.33. The van der Waals surface area contributed by atoms with Gasteiger partial charge in [-0.3, -0.25) is 0 Å². The second-order valence-electron chi connectivity index (χ2n) is 4.91. The van der Waals surface area contributed by atoms with E-state index in [1.54, 1.807) is 7.05 Å². The minimum Gasteiger partial charge on any atom is -0.316 e. The van der Waals surface area contributed by atoms with Crippen molar-refractivity contribution in [3.63, 3.8) is 0 Å². The Morgan fingerprint density at radius 3 is 2.39 bits per heavy atom. The van der Waals surface area contributed by atoms with Crippen molar-refractivity contribution in [1.29, 1.82) is 0 Å². The molecule has 0 bridgehead atoms. The number of likely N-dealkylation sites (N-methyl/N-ethyl adjacent to an activating group) is 1. The fraction of sp³-hybridized carbons (Fsp3) is 1.00. The Bertz CT molecular complexity index is 472. The lowest BCUT2D eigenvalue weighted by Crippen LogP contribution is -2.53. The largest absolute Gasteiger partial charge is 0.316 e. The van der Waals surface area contributed by atoms with Crippen LogP contribution >= 0.6 is 0 Å². The highest BCUT2D eigenvalue weighted by Crippen LogP contribution is 2.23. The van der Waals surface area contributed by atoms with Gasteiger partial charge in [0.1, 0.15) is 0 Å². The first kappa shape index (κ1) is 15.9. The molecule has 0 saturated carbocycles. The first-order valence-electron chi connectivity index (χ1n) is 6.02. The summed E-state index contributed by atoms with van der Waals surface area (Å²) in [6, 6.07) is -0.143. The van der Waals surface area contributed by atoms with Gasteiger partial charge in [-0.1, -0.05) is 6.42 Å². The molecular formula is C10H22N2O4S2. The maximum atomic E-state index is 12.2. The molecule has 1 aliphatic rings. The summed E-state index contributed by atoms with van der Waals surface area (Å²) in [4.78, 5) is 0. The van der Waals surface area contributed by atoms with Gasteiger partial charge in [-0.25, -0.2) is 16.8 Å². The van der Waals surface area contributed by atoms with Crippen LogP contribution in [-0.2, 0) is 19.9 Å². The lowest BCUT2D eigenvalue weighted by atomic mass is 9.99. The lowest BCUT2D eigenvalue weighted by Gasteiger charge is -2.37. The van der Waals surface area contributed by atoms with Gasteiger partial charge in [-0.15, -0.1) is 0 Å². The van der Waals surface area contributed by atoms with Crippen LogP contribution in [0.3, 0.4) is 0 Å². The molecular weight excluding hydrogens is 276 g/mol. The van der Waals surface area contributed by atoms with E-state index >= 15 is 0 Å². The normalized spacial score (nSPS) is 24.9. The van der Waals surface area contributed by atoms with Crippen LogP contribution in [0, 0.1) is 0 Å². The smallest absolute Gasteiger partial charge is 0.228 e. The summed E-state index contributed by atoms with van der Waals surface area (Å²) in [7, 11) is -5.50. The summed E-state index contributed by atoms with van der Waals surface area (Å²) in [6.07, 6.45) is 3.48. The quantitative estimate of drug-likeness (QED) is 0.759. The number of hydrogen-bond acceptors (Lipinski definition) is 5. The summed E-state index contributed by atoms with van der Waals surface area (Å²) in [5.74, 6) is 0. The Morgan fingerprint density at radius 2 is 1.89 bits per heavy atom. The molecule has 1 fully saturated rings. The van der Waals surface area contributed by atoms with E-state index in [0.29, 0.717) is 6.54 Å². The van der Waals surface area contributed by atoms with E-state index < -0.39 is 24.9 Å². The van der Waals surface area contributed by atoms with Gasteiger partial charge in [-0.2, -0.15) is 4.31 Å². The minimum atomic E-state index is -3.74. The van der Waals surface area contributed by atoms with E-state index in [4.69, 9.17) is 0 Å². The minimum absolute atomic E-state index is 0.0136. The van der Waals surface area contributed by atoms with E-state index in [0.717, 1.165) is 25.5 Å². The second kappa shape index (κ2) is 5.85. The standard InChI is InChI=1S/C10H22N2O4S2/c1-9(11-2)10-6-4-5-7-12(10)18(15,16)8-17(3,13)14/h9-11H,4-8H2,1-3H3. The maximum Gasteiger partial charge on any atom is 0.228 e. The molecule has 1 saturated heterocycles. The van der Waals surface area contributed by atoms with Crippen LogP contribution in [0.2, 0.25) is 0 Å². The molecule has 0 amide bonds. The molecule has 18 heavy (non-hydrogen) atoms. The molecule has 1 rings (SSSR count). The highest BCUT2D eigenvalue weighted by atomic mass is 32.3. The molecule has 0 aromatic carbocycles. The Balaban J connectivity index is 2.96. The molecule has 0 radical (unpaired) electrons. The Kier molecular flexibility index (Phi) is 5.16. The van der Waals surface area contributed by atoms with Crippen LogP contribution in [0.25, 0.3) is 0 Å². The van der Waals surface area contributed by atoms with E-state index in [2.05, 4.69) is 5.32 Å². The zero-order valence-electron chi connectivity index (χ0n) is 11.1. The third-order valence-corrected chi connectivity index (χ3v) is 7.32. The molecule has 0 spiro atoms. The predicted molar refractivity (Wildman–Crippen MR) is 71.5 cm³/mol. The van der Waals surface area contributed by atoms with Gasteiger partial charge in [0.2, 0.25) is 10.0 Å². The van der Waals surface area contributed by atoms with Crippen LogP contribution in [0.15, 0.2) is 0 Å². The van der Waals surface area contributed by atoms with Crippen molar-refractivity contribution in [3.05, 3.63) is 0 Å². The summed E-state index contributed by atoms with van der Waals surface area (Å²) < 4.78 is 48.1. The van der Waals surface area contributed by atoms with Crippen LogP contribution in [0.1, 0.15) is 26.2 Å². The highest BCUT2D eigenvalue weighted by Gasteiger charge is 2.36. The molecule has 8 heteroatoms. The first-order valence-corrected chi connectivity index (χ1v) is 9.69. The molecule has 0 aliphatic carbocycles. The number of hydrogen-bond donors (Lipinski definition) is 1. The van der Waals surface area contributed by atoms with Crippen molar-refractivity contribution < 1.29 is 16.8 Å². The summed E-state index contributed by atoms with van der Waals surface area (Å²) in [5.41, 5.74) is 0. The fourth-order valence-electron chi connectivity index (χ4n) is 2.31. The summed E-state index contributed by atoms with van der Waals surface area (Å²) in [6.45, 7) is 2.33. The van der Waals surface area contributed by atoms with Gasteiger partial charge in [0.25, 0.3) is 0 Å². The Morgan fingerprint density at radius 1 is 1.28 bits per heavy atom. The zero-order chi connectivity index (χ0) is 14.0. The van der Waals surface area contributed by atoms with Crippen molar-refractivity contribution in [2.75, 3.05) is 24.9 Å². The third kappa shape index (κ3) is 4.18. The van der Waals surface area contributed by atoms with Crippen molar-refractivity contribution in [3.8, 4) is 0 Å². The van der Waals surface area contributed by atoms with Crippen molar-refractivity contribution in [1.82, 2.24) is 9.62 Å². The average molecular weight is 298 g/mol.